The highest BCUT2D eigenvalue weighted by Crippen LogP contribution is 2.36. The van der Waals surface area contributed by atoms with E-state index in [0.717, 1.165) is 33.3 Å². The number of aromatic nitrogens is 2. The number of sulfonamides is 1. The number of nitrogens with zero attached hydrogens (tertiary/aromatic N) is 2. The van der Waals surface area contributed by atoms with E-state index in [1.165, 1.54) is 18.4 Å². The van der Waals surface area contributed by atoms with Crippen LogP contribution in [0.15, 0.2) is 64.4 Å². The van der Waals surface area contributed by atoms with E-state index >= 15 is 0 Å². The maximum atomic E-state index is 12.5. The zero-order chi connectivity index (χ0) is 18.3. The monoisotopic (exact) mass is 383 g/mol. The lowest BCUT2D eigenvalue weighted by Crippen LogP contribution is -2.22. The SMILES string of the molecule is CN(C)S(=O)(=O)c1cccc(-c2c[nH]c3nccc(-c4ccsc4)c23)c1. The van der Waals surface area contributed by atoms with Crippen molar-refractivity contribution in [1.29, 1.82) is 0 Å². The van der Waals surface area contributed by atoms with E-state index in [9.17, 15) is 8.42 Å². The van der Waals surface area contributed by atoms with Gasteiger partial charge < -0.3 is 4.98 Å². The van der Waals surface area contributed by atoms with Crippen LogP contribution in [-0.2, 0) is 10.0 Å². The van der Waals surface area contributed by atoms with Crippen LogP contribution < -0.4 is 0 Å². The smallest absolute Gasteiger partial charge is 0.242 e. The van der Waals surface area contributed by atoms with Gasteiger partial charge in [0.15, 0.2) is 0 Å². The van der Waals surface area contributed by atoms with Crippen molar-refractivity contribution >= 4 is 32.4 Å². The molecule has 1 N–H and O–H groups in total. The van der Waals surface area contributed by atoms with Crippen molar-refractivity contribution in [1.82, 2.24) is 14.3 Å². The average molecular weight is 383 g/mol. The molecule has 132 valence electrons. The fourth-order valence-electron chi connectivity index (χ4n) is 2.98. The van der Waals surface area contributed by atoms with Gasteiger partial charge in [-0.05, 0) is 51.7 Å². The Morgan fingerprint density at radius 1 is 1.08 bits per heavy atom. The van der Waals surface area contributed by atoms with Gasteiger partial charge in [-0.2, -0.15) is 11.3 Å². The van der Waals surface area contributed by atoms with Crippen LogP contribution in [0.1, 0.15) is 0 Å². The molecule has 0 aliphatic rings. The fourth-order valence-corrected chi connectivity index (χ4v) is 4.58. The summed E-state index contributed by atoms with van der Waals surface area (Å²) in [5.41, 5.74) is 4.76. The normalized spacial score (nSPS) is 12.1. The summed E-state index contributed by atoms with van der Waals surface area (Å²) in [6.45, 7) is 0. The Morgan fingerprint density at radius 3 is 2.65 bits per heavy atom. The van der Waals surface area contributed by atoms with Gasteiger partial charge in [0, 0.05) is 37.4 Å². The number of hydrogen-bond acceptors (Lipinski definition) is 4. The number of thiophene rings is 1. The van der Waals surface area contributed by atoms with Gasteiger partial charge >= 0.3 is 0 Å². The number of aromatic amines is 1. The van der Waals surface area contributed by atoms with Gasteiger partial charge in [-0.15, -0.1) is 0 Å². The molecule has 0 spiro atoms. The summed E-state index contributed by atoms with van der Waals surface area (Å²) in [5.74, 6) is 0. The molecular weight excluding hydrogens is 366 g/mol. The molecule has 3 heterocycles. The number of fused-ring (bicyclic) bond motifs is 1. The molecule has 1 aromatic carbocycles. The second-order valence-corrected chi connectivity index (χ2v) is 9.04. The van der Waals surface area contributed by atoms with Crippen molar-refractivity contribution in [2.75, 3.05) is 14.1 Å². The summed E-state index contributed by atoms with van der Waals surface area (Å²) in [5, 5.41) is 5.13. The van der Waals surface area contributed by atoms with Gasteiger partial charge in [-0.25, -0.2) is 17.7 Å². The van der Waals surface area contributed by atoms with E-state index in [1.807, 2.05) is 23.7 Å². The van der Waals surface area contributed by atoms with Crippen LogP contribution in [-0.4, -0.2) is 36.8 Å². The second-order valence-electron chi connectivity index (χ2n) is 6.11. The molecule has 4 rings (SSSR count). The quantitative estimate of drug-likeness (QED) is 0.574. The number of hydrogen-bond donors (Lipinski definition) is 1. The number of nitrogens with one attached hydrogen (secondary N) is 1. The molecule has 0 saturated heterocycles. The van der Waals surface area contributed by atoms with E-state index in [2.05, 4.69) is 21.4 Å². The molecule has 0 aliphatic heterocycles. The maximum Gasteiger partial charge on any atom is 0.242 e. The predicted molar refractivity (Wildman–Crippen MR) is 106 cm³/mol. The van der Waals surface area contributed by atoms with Crippen molar-refractivity contribution in [3.63, 3.8) is 0 Å². The molecule has 0 radical (unpaired) electrons. The van der Waals surface area contributed by atoms with Gasteiger partial charge in [0.1, 0.15) is 5.65 Å². The van der Waals surface area contributed by atoms with E-state index in [0.29, 0.717) is 0 Å². The highest BCUT2D eigenvalue weighted by Gasteiger charge is 2.19. The molecule has 5 nitrogen and oxygen atoms in total. The number of pyridine rings is 1. The average Bonchev–Trinajstić information content (AvgIpc) is 3.31. The van der Waals surface area contributed by atoms with Gasteiger partial charge in [-0.1, -0.05) is 12.1 Å². The first-order chi connectivity index (χ1) is 12.5. The maximum absolute atomic E-state index is 12.5. The molecule has 4 aromatic rings. The predicted octanol–water partition coefficient (Wildman–Crippen LogP) is 4.21. The lowest BCUT2D eigenvalue weighted by molar-refractivity contribution is 0.521. The Balaban J connectivity index is 1.94. The summed E-state index contributed by atoms with van der Waals surface area (Å²) >= 11 is 1.64. The zero-order valence-electron chi connectivity index (χ0n) is 14.3. The third-order valence-electron chi connectivity index (χ3n) is 4.33. The molecule has 26 heavy (non-hydrogen) atoms. The minimum atomic E-state index is -3.49. The third kappa shape index (κ3) is 2.74. The zero-order valence-corrected chi connectivity index (χ0v) is 15.9. The number of rotatable bonds is 4. The van der Waals surface area contributed by atoms with Crippen LogP contribution in [0.4, 0.5) is 0 Å². The Labute approximate surface area is 156 Å². The van der Waals surface area contributed by atoms with E-state index < -0.39 is 10.0 Å². The first kappa shape index (κ1) is 17.0. The van der Waals surface area contributed by atoms with Gasteiger partial charge in [0.2, 0.25) is 10.0 Å². The van der Waals surface area contributed by atoms with Gasteiger partial charge in [0.25, 0.3) is 0 Å². The summed E-state index contributed by atoms with van der Waals surface area (Å²) in [4.78, 5) is 7.89. The fraction of sp³-hybridized carbons (Fsp3) is 0.105. The van der Waals surface area contributed by atoms with Crippen LogP contribution in [0, 0.1) is 0 Å². The molecule has 0 saturated carbocycles. The Hall–Kier alpha value is -2.48. The first-order valence-electron chi connectivity index (χ1n) is 8.00. The topological polar surface area (TPSA) is 66.1 Å². The highest BCUT2D eigenvalue weighted by atomic mass is 32.2. The molecule has 0 amide bonds. The highest BCUT2D eigenvalue weighted by molar-refractivity contribution is 7.89. The van der Waals surface area contributed by atoms with Crippen molar-refractivity contribution in [3.05, 3.63) is 59.6 Å². The lowest BCUT2D eigenvalue weighted by atomic mass is 10.00. The summed E-state index contributed by atoms with van der Waals surface area (Å²) in [6, 6.07) is 11.1. The molecule has 7 heteroatoms. The Morgan fingerprint density at radius 2 is 1.92 bits per heavy atom. The third-order valence-corrected chi connectivity index (χ3v) is 6.82. The first-order valence-corrected chi connectivity index (χ1v) is 10.4. The summed E-state index contributed by atoms with van der Waals surface area (Å²) in [6.07, 6.45) is 3.66. The lowest BCUT2D eigenvalue weighted by Gasteiger charge is -2.12. The van der Waals surface area contributed by atoms with Crippen LogP contribution in [0.25, 0.3) is 33.3 Å². The molecule has 0 unspecified atom stereocenters. The van der Waals surface area contributed by atoms with Crippen molar-refractivity contribution in [2.45, 2.75) is 4.90 Å². The van der Waals surface area contributed by atoms with Crippen molar-refractivity contribution in [2.24, 2.45) is 0 Å². The standard InChI is InChI=1S/C19H17N3O2S2/c1-22(2)26(23,24)15-5-3-4-13(10-15)17-11-21-19-18(17)16(6-8-20-19)14-7-9-25-12-14/h3-12H,1-2H3,(H,20,21). The Bertz CT molecular complexity index is 1180. The largest absolute Gasteiger partial charge is 0.345 e. The number of H-pyrrole nitrogens is 1. The van der Waals surface area contributed by atoms with E-state index in [-0.39, 0.29) is 4.90 Å². The summed E-state index contributed by atoms with van der Waals surface area (Å²) < 4.78 is 26.2. The second kappa shape index (κ2) is 6.35. The molecule has 3 aromatic heterocycles. The van der Waals surface area contributed by atoms with Crippen LogP contribution >= 0.6 is 11.3 Å². The van der Waals surface area contributed by atoms with E-state index in [4.69, 9.17) is 0 Å². The molecule has 0 bridgehead atoms. The Kier molecular flexibility index (Phi) is 4.14. The van der Waals surface area contributed by atoms with Crippen molar-refractivity contribution < 1.29 is 8.42 Å². The molecule has 0 fully saturated rings. The van der Waals surface area contributed by atoms with Gasteiger partial charge in [0.05, 0.1) is 4.90 Å². The minimum absolute atomic E-state index is 0.273. The van der Waals surface area contributed by atoms with Crippen LogP contribution in [0.2, 0.25) is 0 Å². The molecule has 0 atom stereocenters. The summed E-state index contributed by atoms with van der Waals surface area (Å²) in [7, 11) is -0.420. The van der Waals surface area contributed by atoms with Crippen LogP contribution in [0.3, 0.4) is 0 Å². The molecular formula is C19H17N3O2S2. The minimum Gasteiger partial charge on any atom is -0.345 e. The van der Waals surface area contributed by atoms with Crippen LogP contribution in [0.5, 0.6) is 0 Å². The van der Waals surface area contributed by atoms with Crippen molar-refractivity contribution in [3.8, 4) is 22.3 Å². The number of benzene rings is 1. The van der Waals surface area contributed by atoms with E-state index in [1.54, 1.807) is 35.7 Å². The molecule has 0 aliphatic carbocycles. The van der Waals surface area contributed by atoms with Gasteiger partial charge in [-0.3, -0.25) is 0 Å².